The quantitative estimate of drug-likeness (QED) is 0.0730. The van der Waals surface area contributed by atoms with Crippen molar-refractivity contribution in [3.05, 3.63) is 0 Å². The molecular weight excluding hydrogens is 511 g/mol. The zero-order valence-electron chi connectivity index (χ0n) is 25.5. The number of carboxylic acids is 1. The minimum Gasteiger partial charge on any atom is -0.550 e. The van der Waals surface area contributed by atoms with E-state index in [2.05, 4.69) is 18.0 Å². The SMILES string of the molecule is CCCCCCCCCCCCCCCCCC(=O)[O-].CCCCCCCCCCCCOS(=O)(=O)O.[Na+]. The maximum atomic E-state index is 10.2. The maximum Gasteiger partial charge on any atom is 1.00 e. The molecule has 0 rings (SSSR count). The summed E-state index contributed by atoms with van der Waals surface area (Å²) in [7, 11) is -4.23. The molecule has 0 saturated carbocycles. The Hall–Kier alpha value is 0.340. The van der Waals surface area contributed by atoms with E-state index in [-0.39, 0.29) is 42.6 Å². The summed E-state index contributed by atoms with van der Waals surface area (Å²) >= 11 is 0. The van der Waals surface area contributed by atoms with E-state index in [0.717, 1.165) is 25.7 Å². The van der Waals surface area contributed by atoms with E-state index in [0.29, 0.717) is 6.42 Å². The average Bonchev–Trinajstić information content (AvgIpc) is 2.84. The Bertz CT molecular complexity index is 557. The first kappa shape index (κ1) is 42.8. The largest absolute Gasteiger partial charge is 1.00 e. The molecule has 0 atom stereocenters. The van der Waals surface area contributed by atoms with Crippen molar-refractivity contribution in [3.8, 4) is 0 Å². The molecule has 0 spiro atoms. The Morgan fingerprint density at radius 2 is 0.816 bits per heavy atom. The van der Waals surface area contributed by atoms with Crippen molar-refractivity contribution >= 4 is 16.4 Å². The van der Waals surface area contributed by atoms with Crippen LogP contribution in [0.2, 0.25) is 0 Å². The zero-order chi connectivity index (χ0) is 27.9. The standard InChI is InChI=1S/C18H36O2.C12H26O4S.Na/c1-2-3-4-5-6-7-8-9-10-11-12-13-14-15-16-17-18(19)20;1-2-3-4-5-6-7-8-9-10-11-12-16-17(13,14)15;/h2-17H2,1H3,(H,19,20);2-12H2,1H3,(H,13,14,15);/q;;+1/p-1. The molecule has 0 aromatic carbocycles. The van der Waals surface area contributed by atoms with Gasteiger partial charge in [-0.15, -0.1) is 0 Å². The van der Waals surface area contributed by atoms with E-state index in [9.17, 15) is 18.3 Å². The van der Waals surface area contributed by atoms with Crippen molar-refractivity contribution in [2.24, 2.45) is 0 Å². The second-order valence-electron chi connectivity index (χ2n) is 10.5. The van der Waals surface area contributed by atoms with Gasteiger partial charge in [-0.05, 0) is 19.3 Å². The van der Waals surface area contributed by atoms with Gasteiger partial charge in [-0.3, -0.25) is 4.55 Å². The van der Waals surface area contributed by atoms with E-state index in [1.54, 1.807) is 0 Å². The predicted octanol–water partition coefficient (Wildman–Crippen LogP) is 5.73. The molecule has 0 aromatic rings. The van der Waals surface area contributed by atoms with Crippen LogP contribution in [-0.4, -0.2) is 25.5 Å². The van der Waals surface area contributed by atoms with Crippen molar-refractivity contribution < 1.29 is 56.6 Å². The molecule has 0 radical (unpaired) electrons. The van der Waals surface area contributed by atoms with Gasteiger partial charge in [-0.2, -0.15) is 8.42 Å². The van der Waals surface area contributed by atoms with Gasteiger partial charge in [-0.1, -0.05) is 162 Å². The van der Waals surface area contributed by atoms with Crippen LogP contribution < -0.4 is 34.7 Å². The van der Waals surface area contributed by atoms with Gasteiger partial charge in [0.2, 0.25) is 0 Å². The van der Waals surface area contributed by atoms with Crippen LogP contribution in [0.4, 0.5) is 0 Å². The smallest absolute Gasteiger partial charge is 0.550 e. The Kier molecular flexibility index (Phi) is 39.8. The number of unbranched alkanes of at least 4 members (excludes halogenated alkanes) is 23. The summed E-state index contributed by atoms with van der Waals surface area (Å²) in [6.07, 6.45) is 31.7. The molecule has 0 bridgehead atoms. The van der Waals surface area contributed by atoms with Crippen LogP contribution >= 0.6 is 0 Å². The zero-order valence-corrected chi connectivity index (χ0v) is 28.3. The number of hydrogen-bond donors (Lipinski definition) is 1. The van der Waals surface area contributed by atoms with Gasteiger partial charge in [-0.25, -0.2) is 4.18 Å². The molecule has 8 heteroatoms. The molecule has 0 aliphatic heterocycles. The third-order valence-corrected chi connectivity index (χ3v) is 7.18. The fourth-order valence-corrected chi connectivity index (χ4v) is 4.72. The fourth-order valence-electron chi connectivity index (χ4n) is 4.39. The second kappa shape index (κ2) is 35.4. The molecule has 0 aromatic heterocycles. The Morgan fingerprint density at radius 3 is 1.08 bits per heavy atom. The molecule has 0 unspecified atom stereocenters. The predicted molar refractivity (Wildman–Crippen MR) is 154 cm³/mol. The number of carbonyl (C=O) groups is 1. The molecule has 38 heavy (non-hydrogen) atoms. The number of carboxylic acid groups (broad SMARTS) is 1. The van der Waals surface area contributed by atoms with Gasteiger partial charge in [0.15, 0.2) is 0 Å². The third-order valence-electron chi connectivity index (χ3n) is 6.71. The molecular formula is C30H61NaO6S. The van der Waals surface area contributed by atoms with Crippen LogP contribution in [0.15, 0.2) is 0 Å². The van der Waals surface area contributed by atoms with E-state index < -0.39 is 16.4 Å². The Morgan fingerprint density at radius 1 is 0.553 bits per heavy atom. The van der Waals surface area contributed by atoms with Crippen molar-refractivity contribution in [2.75, 3.05) is 6.61 Å². The molecule has 224 valence electrons. The number of hydrogen-bond acceptors (Lipinski definition) is 5. The first-order chi connectivity index (χ1) is 17.8. The number of carbonyl (C=O) groups excluding carboxylic acids is 1. The van der Waals surface area contributed by atoms with Crippen LogP contribution in [0.5, 0.6) is 0 Å². The van der Waals surface area contributed by atoms with Crippen molar-refractivity contribution in [2.45, 2.75) is 181 Å². The van der Waals surface area contributed by atoms with Crippen LogP contribution in [0.1, 0.15) is 181 Å². The number of aliphatic carboxylic acids is 1. The van der Waals surface area contributed by atoms with Crippen molar-refractivity contribution in [1.82, 2.24) is 0 Å². The molecule has 0 fully saturated rings. The summed E-state index contributed by atoms with van der Waals surface area (Å²) in [6.45, 7) is 4.58. The van der Waals surface area contributed by atoms with E-state index in [1.807, 2.05) is 0 Å². The monoisotopic (exact) mass is 572 g/mol. The van der Waals surface area contributed by atoms with Gasteiger partial charge in [0.1, 0.15) is 0 Å². The normalized spacial score (nSPS) is 11.0. The molecule has 0 amide bonds. The first-order valence-electron chi connectivity index (χ1n) is 15.6. The van der Waals surface area contributed by atoms with E-state index >= 15 is 0 Å². The summed E-state index contributed by atoms with van der Waals surface area (Å²) in [4.78, 5) is 10.2. The van der Waals surface area contributed by atoms with Crippen molar-refractivity contribution in [3.63, 3.8) is 0 Å². The van der Waals surface area contributed by atoms with E-state index in [4.69, 9.17) is 4.55 Å². The molecule has 0 saturated heterocycles. The fraction of sp³-hybridized carbons (Fsp3) is 0.967. The van der Waals surface area contributed by atoms with Gasteiger partial charge in [0.25, 0.3) is 0 Å². The Labute approximate surface area is 259 Å². The molecule has 0 aliphatic carbocycles. The summed E-state index contributed by atoms with van der Waals surface area (Å²) in [5.41, 5.74) is 0. The minimum absolute atomic E-state index is 0. The van der Waals surface area contributed by atoms with Crippen molar-refractivity contribution in [1.29, 1.82) is 0 Å². The summed E-state index contributed by atoms with van der Waals surface area (Å²) in [5, 5.41) is 10.2. The number of rotatable bonds is 28. The second-order valence-corrected chi connectivity index (χ2v) is 11.6. The Balaban J connectivity index is -0.000000636. The van der Waals surface area contributed by atoms with Crippen LogP contribution in [0, 0.1) is 0 Å². The summed E-state index contributed by atoms with van der Waals surface area (Å²) in [5.74, 6) is -0.903. The first-order valence-corrected chi connectivity index (χ1v) is 17.0. The topological polar surface area (TPSA) is 104 Å². The van der Waals surface area contributed by atoms with Crippen LogP contribution in [-0.2, 0) is 19.4 Å². The maximum absolute atomic E-state index is 10.2. The molecule has 0 aliphatic rings. The third kappa shape index (κ3) is 46.2. The summed E-state index contributed by atoms with van der Waals surface area (Å²) in [6, 6.07) is 0. The van der Waals surface area contributed by atoms with Crippen LogP contribution in [0.25, 0.3) is 0 Å². The van der Waals surface area contributed by atoms with Gasteiger partial charge < -0.3 is 9.90 Å². The van der Waals surface area contributed by atoms with Gasteiger partial charge in [0, 0.05) is 5.97 Å². The molecule has 6 nitrogen and oxygen atoms in total. The average molecular weight is 573 g/mol. The molecule has 1 N–H and O–H groups in total. The minimum atomic E-state index is -4.23. The van der Waals surface area contributed by atoms with E-state index in [1.165, 1.54) is 128 Å². The molecule has 0 heterocycles. The summed E-state index contributed by atoms with van der Waals surface area (Å²) < 4.78 is 33.0. The van der Waals surface area contributed by atoms with Crippen LogP contribution in [0.3, 0.4) is 0 Å². The van der Waals surface area contributed by atoms with Gasteiger partial charge in [0.05, 0.1) is 6.61 Å². The van der Waals surface area contributed by atoms with Gasteiger partial charge >= 0.3 is 40.0 Å².